The van der Waals surface area contributed by atoms with Gasteiger partial charge in [-0.1, -0.05) is 0 Å². The van der Waals surface area contributed by atoms with E-state index in [4.69, 9.17) is 9.47 Å². The summed E-state index contributed by atoms with van der Waals surface area (Å²) in [5, 5.41) is 0. The highest BCUT2D eigenvalue weighted by molar-refractivity contribution is 7.92. The smallest absolute Gasteiger partial charge is 0.261 e. The molecule has 2 aromatic carbocycles. The van der Waals surface area contributed by atoms with Gasteiger partial charge >= 0.3 is 0 Å². The zero-order valence-corrected chi connectivity index (χ0v) is 15.4. The van der Waals surface area contributed by atoms with Crippen molar-refractivity contribution in [3.05, 3.63) is 42.0 Å². The van der Waals surface area contributed by atoms with E-state index in [2.05, 4.69) is 4.72 Å². The first-order chi connectivity index (χ1) is 12.2. The molecule has 0 radical (unpaired) electrons. The van der Waals surface area contributed by atoms with Gasteiger partial charge in [-0.05, 0) is 42.3 Å². The van der Waals surface area contributed by atoms with Crippen LogP contribution >= 0.6 is 0 Å². The van der Waals surface area contributed by atoms with Gasteiger partial charge < -0.3 is 9.47 Å². The lowest BCUT2D eigenvalue weighted by Gasteiger charge is -2.16. The number of fused-ring (bicyclic) bond motifs is 2. The van der Waals surface area contributed by atoms with Gasteiger partial charge in [0.05, 0.1) is 22.5 Å². The first-order valence-electron chi connectivity index (χ1n) is 7.77. The maximum atomic E-state index is 12.7. The number of hydrogen-bond donors (Lipinski definition) is 1. The number of rotatable bonds is 4. The zero-order chi connectivity index (χ0) is 18.5. The largest absolute Gasteiger partial charge is 0.454 e. The average Bonchev–Trinajstić information content (AvgIpc) is 3.19. The molecule has 0 amide bonds. The van der Waals surface area contributed by atoms with Crippen LogP contribution in [0.15, 0.2) is 41.3 Å². The van der Waals surface area contributed by atoms with Gasteiger partial charge in [-0.25, -0.2) is 16.8 Å². The summed E-state index contributed by atoms with van der Waals surface area (Å²) in [5.41, 5.74) is 1.56. The molecule has 4 rings (SSSR count). The van der Waals surface area contributed by atoms with Gasteiger partial charge in [0, 0.05) is 12.6 Å². The van der Waals surface area contributed by atoms with E-state index in [9.17, 15) is 16.8 Å². The molecule has 2 aliphatic rings. The van der Waals surface area contributed by atoms with Gasteiger partial charge in [-0.2, -0.15) is 0 Å². The fourth-order valence-electron chi connectivity index (χ4n) is 3.03. The molecule has 0 aromatic heterocycles. The van der Waals surface area contributed by atoms with E-state index in [0.29, 0.717) is 41.4 Å². The Hall–Kier alpha value is -2.46. The van der Waals surface area contributed by atoms with Crippen LogP contribution in [-0.4, -0.2) is 36.4 Å². The maximum absolute atomic E-state index is 12.7. The zero-order valence-electron chi connectivity index (χ0n) is 13.8. The van der Waals surface area contributed by atoms with Crippen molar-refractivity contribution in [2.75, 3.05) is 28.6 Å². The molecule has 0 bridgehead atoms. The average molecular weight is 396 g/mol. The summed E-state index contributed by atoms with van der Waals surface area (Å²) in [6.07, 6.45) is 1.60. The highest BCUT2D eigenvalue weighted by Gasteiger charge is 2.28. The number of anilines is 2. The second-order valence-corrected chi connectivity index (χ2v) is 9.64. The molecule has 0 spiro atoms. The van der Waals surface area contributed by atoms with Crippen molar-refractivity contribution in [3.63, 3.8) is 0 Å². The molecule has 1 N–H and O–H groups in total. The molecule has 26 heavy (non-hydrogen) atoms. The Bertz CT molecular complexity index is 1100. The summed E-state index contributed by atoms with van der Waals surface area (Å²) in [6, 6.07) is 9.21. The number of nitrogens with one attached hydrogen (secondary N) is 1. The van der Waals surface area contributed by atoms with Crippen molar-refractivity contribution in [1.29, 1.82) is 0 Å². The lowest BCUT2D eigenvalue weighted by atomic mass is 10.2. The van der Waals surface area contributed by atoms with Crippen molar-refractivity contribution in [2.45, 2.75) is 11.3 Å². The summed E-state index contributed by atoms with van der Waals surface area (Å²) >= 11 is 0. The van der Waals surface area contributed by atoms with Gasteiger partial charge in [0.2, 0.25) is 16.8 Å². The number of hydrogen-bond acceptors (Lipinski definition) is 6. The van der Waals surface area contributed by atoms with E-state index in [0.717, 1.165) is 6.26 Å². The first-order valence-corrected chi connectivity index (χ1v) is 11.1. The van der Waals surface area contributed by atoms with E-state index in [-0.39, 0.29) is 11.7 Å². The van der Waals surface area contributed by atoms with Gasteiger partial charge in [-0.15, -0.1) is 0 Å². The maximum Gasteiger partial charge on any atom is 0.261 e. The minimum Gasteiger partial charge on any atom is -0.454 e. The molecule has 2 aromatic rings. The molecule has 2 aliphatic heterocycles. The molecule has 0 atom stereocenters. The summed E-state index contributed by atoms with van der Waals surface area (Å²) in [5.74, 6) is 1.04. The van der Waals surface area contributed by atoms with Crippen LogP contribution < -0.4 is 18.5 Å². The SMILES string of the molecule is CS(=O)(=O)N1CCc2cc(S(=O)(=O)Nc3ccc4c(c3)OCO4)ccc21. The van der Waals surface area contributed by atoms with Crippen molar-refractivity contribution >= 4 is 31.4 Å². The predicted octanol–water partition coefficient (Wildman–Crippen LogP) is 1.54. The summed E-state index contributed by atoms with van der Waals surface area (Å²) in [6.45, 7) is 0.417. The van der Waals surface area contributed by atoms with Crippen LogP contribution in [0, 0.1) is 0 Å². The van der Waals surface area contributed by atoms with Crippen LogP contribution in [0.1, 0.15) is 5.56 Å². The second-order valence-electron chi connectivity index (χ2n) is 6.05. The first kappa shape index (κ1) is 17.0. The van der Waals surface area contributed by atoms with Crippen molar-refractivity contribution < 1.29 is 26.3 Å². The van der Waals surface area contributed by atoms with E-state index in [1.165, 1.54) is 22.5 Å². The normalized spacial score (nSPS) is 15.8. The van der Waals surface area contributed by atoms with Crippen molar-refractivity contribution in [2.24, 2.45) is 0 Å². The fraction of sp³-hybridized carbons (Fsp3) is 0.250. The third kappa shape index (κ3) is 2.95. The van der Waals surface area contributed by atoms with Crippen molar-refractivity contribution in [3.8, 4) is 11.5 Å². The van der Waals surface area contributed by atoms with E-state index in [1.807, 2.05) is 0 Å². The summed E-state index contributed by atoms with van der Waals surface area (Å²) in [4.78, 5) is 0.0734. The Kier molecular flexibility index (Phi) is 3.77. The number of ether oxygens (including phenoxy) is 2. The quantitative estimate of drug-likeness (QED) is 0.841. The lowest BCUT2D eigenvalue weighted by Crippen LogP contribution is -2.27. The highest BCUT2D eigenvalue weighted by atomic mass is 32.2. The van der Waals surface area contributed by atoms with Crippen LogP contribution in [0.25, 0.3) is 0 Å². The topological polar surface area (TPSA) is 102 Å². The Labute approximate surface area is 151 Å². The number of benzene rings is 2. The Morgan fingerprint density at radius 1 is 1.00 bits per heavy atom. The number of nitrogens with zero attached hydrogens (tertiary/aromatic N) is 1. The van der Waals surface area contributed by atoms with E-state index >= 15 is 0 Å². The Morgan fingerprint density at radius 2 is 1.77 bits per heavy atom. The monoisotopic (exact) mass is 396 g/mol. The van der Waals surface area contributed by atoms with E-state index in [1.54, 1.807) is 18.2 Å². The fourth-order valence-corrected chi connectivity index (χ4v) is 5.09. The summed E-state index contributed by atoms with van der Waals surface area (Å²) < 4.78 is 63.1. The van der Waals surface area contributed by atoms with Crippen LogP contribution in [0.4, 0.5) is 11.4 Å². The Balaban J connectivity index is 1.63. The minimum absolute atomic E-state index is 0.0734. The molecule has 0 unspecified atom stereocenters. The molecule has 8 nitrogen and oxygen atoms in total. The predicted molar refractivity (Wildman–Crippen MR) is 95.7 cm³/mol. The molecule has 0 saturated carbocycles. The molecular weight excluding hydrogens is 380 g/mol. The number of sulfonamides is 2. The molecule has 0 aliphatic carbocycles. The van der Waals surface area contributed by atoms with Crippen LogP contribution in [0.3, 0.4) is 0 Å². The highest BCUT2D eigenvalue weighted by Crippen LogP contribution is 2.36. The third-order valence-corrected chi connectivity index (χ3v) is 6.80. The van der Waals surface area contributed by atoms with Gasteiger partial charge in [0.15, 0.2) is 11.5 Å². The molecule has 2 heterocycles. The summed E-state index contributed by atoms with van der Waals surface area (Å²) in [7, 11) is -7.20. The van der Waals surface area contributed by atoms with Gasteiger partial charge in [0.1, 0.15) is 0 Å². The van der Waals surface area contributed by atoms with Crippen LogP contribution in [0.2, 0.25) is 0 Å². The minimum atomic E-state index is -3.82. The third-order valence-electron chi connectivity index (χ3n) is 4.24. The lowest BCUT2D eigenvalue weighted by molar-refractivity contribution is 0.174. The molecule has 0 fully saturated rings. The van der Waals surface area contributed by atoms with Crippen LogP contribution in [-0.2, 0) is 26.5 Å². The van der Waals surface area contributed by atoms with Gasteiger partial charge in [0.25, 0.3) is 10.0 Å². The molecule has 0 saturated heterocycles. The van der Waals surface area contributed by atoms with Crippen molar-refractivity contribution in [1.82, 2.24) is 0 Å². The molecular formula is C16H16N2O6S2. The van der Waals surface area contributed by atoms with Crippen LogP contribution in [0.5, 0.6) is 11.5 Å². The molecule has 138 valence electrons. The Morgan fingerprint density at radius 3 is 2.54 bits per heavy atom. The molecule has 10 heteroatoms. The van der Waals surface area contributed by atoms with E-state index < -0.39 is 20.0 Å². The second kappa shape index (κ2) is 5.78. The van der Waals surface area contributed by atoms with Gasteiger partial charge in [-0.3, -0.25) is 9.03 Å². The standard InChI is InChI=1S/C16H16N2O6S2/c1-25(19,20)18-7-6-11-8-13(3-4-14(11)18)26(21,22)17-12-2-5-15-16(9-12)24-10-23-15/h2-5,8-9,17H,6-7,10H2,1H3.